The summed E-state index contributed by atoms with van der Waals surface area (Å²) in [4.78, 5) is 24.5. The van der Waals surface area contributed by atoms with Crippen LogP contribution in [0.1, 0.15) is 16.1 Å². The van der Waals surface area contributed by atoms with Crippen LogP contribution in [0, 0.1) is 12.1 Å². The minimum Gasteiger partial charge on any atom is -0.661 e. The summed E-state index contributed by atoms with van der Waals surface area (Å²) in [6, 6.07) is 52.4. The number of fused-ring (bicyclic) bond motifs is 2. The average molecular weight is 787 g/mol. The molecule has 0 bridgehead atoms. The molecule has 0 atom stereocenters. The largest absolute Gasteiger partial charge is 3.00 e. The second kappa shape index (κ2) is 16.1. The Morgan fingerprint density at radius 1 is 0.574 bits per heavy atom. The predicted octanol–water partition coefficient (Wildman–Crippen LogP) is 8.98. The van der Waals surface area contributed by atoms with Crippen LogP contribution in [0.3, 0.4) is 0 Å². The third-order valence-electron chi connectivity index (χ3n) is 7.19. The fourth-order valence-electron chi connectivity index (χ4n) is 4.95. The molecule has 8 aromatic rings. The first kappa shape index (κ1) is 32.7. The smallest absolute Gasteiger partial charge is 0.661 e. The van der Waals surface area contributed by atoms with Crippen molar-refractivity contribution >= 4 is 27.3 Å². The normalized spacial score (nSPS) is 10.1. The molecule has 0 aliphatic carbocycles. The van der Waals surface area contributed by atoms with E-state index in [2.05, 4.69) is 51.4 Å². The van der Waals surface area contributed by atoms with Crippen LogP contribution in [0.5, 0.6) is 5.75 Å². The molecule has 6 heteroatoms. The maximum Gasteiger partial charge on any atom is 3.00 e. The number of hydrogen-bond acceptors (Lipinski definition) is 4. The molecule has 0 saturated carbocycles. The molecule has 0 radical (unpaired) electrons. The van der Waals surface area contributed by atoms with Crippen molar-refractivity contribution in [3.8, 4) is 28.3 Å². The van der Waals surface area contributed by atoms with Crippen LogP contribution >= 0.6 is 0 Å². The van der Waals surface area contributed by atoms with Gasteiger partial charge in [-0.3, -0.25) is 4.79 Å². The Hall–Kier alpha value is -5.68. The fourth-order valence-corrected chi connectivity index (χ4v) is 4.95. The van der Waals surface area contributed by atoms with E-state index in [-0.39, 0.29) is 31.6 Å². The molecule has 0 aliphatic rings. The summed E-state index contributed by atoms with van der Waals surface area (Å²) in [5.41, 5.74) is 5.04. The number of ketones is 1. The van der Waals surface area contributed by atoms with E-state index < -0.39 is 0 Å². The van der Waals surface area contributed by atoms with E-state index in [0.717, 1.165) is 22.5 Å². The minimum absolute atomic E-state index is 0. The molecule has 1 N–H and O–H groups in total. The number of carbonyl (C=O) groups is 1. The molecule has 0 saturated heterocycles. The molecule has 228 valence electrons. The van der Waals surface area contributed by atoms with Crippen LogP contribution in [0.2, 0.25) is 0 Å². The monoisotopic (exact) mass is 787 g/mol. The molecular weight excluding hydrogens is 759 g/mol. The van der Waals surface area contributed by atoms with Gasteiger partial charge in [-0.15, -0.1) is 71.8 Å². The first-order chi connectivity index (χ1) is 22.7. The maximum atomic E-state index is 11.7. The number of phenolic OH excluding ortho intramolecular Hbond substituents is 1. The molecule has 0 unspecified atom stereocenters. The molecular formula is C41H28IrN3O2. The van der Waals surface area contributed by atoms with Crippen molar-refractivity contribution < 1.29 is 30.0 Å². The van der Waals surface area contributed by atoms with Crippen molar-refractivity contribution in [1.29, 1.82) is 0 Å². The number of hydrogen-bond donors (Lipinski definition) is 1. The number of aromatic nitrogens is 3. The summed E-state index contributed by atoms with van der Waals surface area (Å²) in [7, 11) is 0. The first-order valence-corrected chi connectivity index (χ1v) is 14.7. The van der Waals surface area contributed by atoms with Crippen molar-refractivity contribution in [2.75, 3.05) is 0 Å². The van der Waals surface area contributed by atoms with Crippen molar-refractivity contribution in [3.63, 3.8) is 0 Å². The summed E-state index contributed by atoms with van der Waals surface area (Å²) in [5, 5.41) is 13.8. The number of benzene rings is 5. The van der Waals surface area contributed by atoms with E-state index in [9.17, 15) is 4.79 Å². The van der Waals surface area contributed by atoms with Crippen LogP contribution in [0.25, 0.3) is 44.1 Å². The van der Waals surface area contributed by atoms with E-state index in [4.69, 9.17) is 5.11 Å². The molecule has 0 fully saturated rings. The van der Waals surface area contributed by atoms with Crippen molar-refractivity contribution in [3.05, 3.63) is 188 Å². The number of pyridine rings is 2. The van der Waals surface area contributed by atoms with Crippen LogP contribution in [-0.4, -0.2) is 20.9 Å². The molecule has 5 aromatic carbocycles. The van der Waals surface area contributed by atoms with E-state index in [1.165, 1.54) is 33.7 Å². The number of carbonyl (C=O) groups excluding carboxylic acids is 1. The van der Waals surface area contributed by atoms with Gasteiger partial charge < -0.3 is 20.1 Å². The van der Waals surface area contributed by atoms with Gasteiger partial charge in [0.15, 0.2) is 5.78 Å². The molecule has 5 nitrogen and oxygen atoms in total. The third kappa shape index (κ3) is 8.13. The van der Waals surface area contributed by atoms with Gasteiger partial charge in [0.05, 0.1) is 0 Å². The Balaban J connectivity index is 0.000000137. The zero-order valence-corrected chi connectivity index (χ0v) is 27.5. The van der Waals surface area contributed by atoms with Gasteiger partial charge in [-0.25, -0.2) is 0 Å². The summed E-state index contributed by atoms with van der Waals surface area (Å²) in [6.07, 6.45) is 5.27. The average Bonchev–Trinajstić information content (AvgIpc) is 3.68. The van der Waals surface area contributed by atoms with Gasteiger partial charge in [-0.05, 0) is 69.3 Å². The van der Waals surface area contributed by atoms with E-state index in [0.29, 0.717) is 11.3 Å². The molecule has 3 heterocycles. The molecule has 0 spiro atoms. The molecule has 0 aliphatic heterocycles. The van der Waals surface area contributed by atoms with Crippen LogP contribution in [0.4, 0.5) is 0 Å². The summed E-state index contributed by atoms with van der Waals surface area (Å²) in [5.74, 6) is 0.0204. The molecule has 0 amide bonds. The number of aromatic hydroxyl groups is 1. The third-order valence-corrected chi connectivity index (χ3v) is 7.19. The van der Waals surface area contributed by atoms with Gasteiger partial charge in [0.25, 0.3) is 0 Å². The molecule has 47 heavy (non-hydrogen) atoms. The summed E-state index contributed by atoms with van der Waals surface area (Å²) < 4.78 is 0. The quantitative estimate of drug-likeness (QED) is 0.143. The van der Waals surface area contributed by atoms with E-state index in [1.807, 2.05) is 97.3 Å². The number of nitrogens with zero attached hydrogens (tertiary/aromatic N) is 3. The second-order valence-corrected chi connectivity index (χ2v) is 10.2. The topological polar surface area (TPSA) is 77.2 Å². The fraction of sp³-hybridized carbons (Fsp3) is 0. The van der Waals surface area contributed by atoms with E-state index >= 15 is 0 Å². The Morgan fingerprint density at radius 3 is 1.55 bits per heavy atom. The number of rotatable bonds is 4. The van der Waals surface area contributed by atoms with Crippen molar-refractivity contribution in [1.82, 2.24) is 15.0 Å². The predicted molar refractivity (Wildman–Crippen MR) is 183 cm³/mol. The van der Waals surface area contributed by atoms with Crippen molar-refractivity contribution in [2.24, 2.45) is 0 Å². The van der Waals surface area contributed by atoms with Gasteiger partial charge in [0.1, 0.15) is 5.75 Å². The van der Waals surface area contributed by atoms with Gasteiger partial charge >= 0.3 is 20.1 Å². The van der Waals surface area contributed by atoms with Gasteiger partial charge in [-0.1, -0.05) is 66.4 Å². The van der Waals surface area contributed by atoms with Crippen LogP contribution < -0.4 is 4.98 Å². The van der Waals surface area contributed by atoms with Crippen LogP contribution in [0.15, 0.2) is 164 Å². The maximum absolute atomic E-state index is 11.7. The first-order valence-electron chi connectivity index (χ1n) is 14.7. The van der Waals surface area contributed by atoms with Gasteiger partial charge in [0, 0.05) is 18.0 Å². The standard InChI is InChI=1S/2C15H10N.C11H9NO2.Ir/c2*1-2-7-13(8-3-1)15-14-9-5-4-6-12(14)10-11-16-15;13-9-5-3-8(4-6-9)11(14)10-2-1-7-12-10;/h2*1-7,9-11H;1-7H,(H2,12,13,14);/q2*-1;;+3/p-1. The van der Waals surface area contributed by atoms with Crippen LogP contribution in [-0.2, 0) is 20.1 Å². The van der Waals surface area contributed by atoms with Crippen molar-refractivity contribution in [2.45, 2.75) is 0 Å². The zero-order valence-electron chi connectivity index (χ0n) is 25.1. The molecule has 8 rings (SSSR count). The number of phenols is 1. The Labute approximate surface area is 287 Å². The Bertz CT molecular complexity index is 2040. The molecule has 3 aromatic heterocycles. The van der Waals surface area contributed by atoms with Gasteiger partial charge in [0.2, 0.25) is 0 Å². The summed E-state index contributed by atoms with van der Waals surface area (Å²) in [6.45, 7) is 0. The SMILES string of the molecule is O=C(c1ccc(O)cc1)c1ccc[n-]1.[Ir+3].[c-]1ccccc1-c1nccc2ccccc12.[c-]1ccccc1-c1nccc2ccccc12. The second-order valence-electron chi connectivity index (χ2n) is 10.2. The summed E-state index contributed by atoms with van der Waals surface area (Å²) >= 11 is 0. The minimum atomic E-state index is -0.130. The Kier molecular flexibility index (Phi) is 11.2. The zero-order chi connectivity index (χ0) is 31.6. The Morgan fingerprint density at radius 2 is 1.09 bits per heavy atom. The van der Waals surface area contributed by atoms with E-state index in [1.54, 1.807) is 30.5 Å². The van der Waals surface area contributed by atoms with Gasteiger partial charge in [-0.2, -0.15) is 6.20 Å².